The number of tetrazole rings is 1. The Morgan fingerprint density at radius 1 is 1.29 bits per heavy atom. The van der Waals surface area contributed by atoms with Gasteiger partial charge in [-0.2, -0.15) is 18.4 Å². The third-order valence-electron chi connectivity index (χ3n) is 2.87. The summed E-state index contributed by atoms with van der Waals surface area (Å²) >= 11 is 0. The first kappa shape index (κ1) is 20.9. The van der Waals surface area contributed by atoms with Crippen LogP contribution in [-0.2, 0) is 16.0 Å². The number of nitrogens with one attached hydrogen (secondary N) is 1. The number of halogens is 3. The molecule has 0 unspecified atom stereocenters. The summed E-state index contributed by atoms with van der Waals surface area (Å²) in [5.74, 6) is -1.13. The molecule has 0 fully saturated rings. The molecule has 1 heterocycles. The summed E-state index contributed by atoms with van der Waals surface area (Å²) in [4.78, 5) is 11.1. The van der Waals surface area contributed by atoms with Crippen LogP contribution in [0.2, 0.25) is 0 Å². The van der Waals surface area contributed by atoms with Crippen LogP contribution in [0.3, 0.4) is 0 Å². The molecule has 127 valence electrons. The number of alkyl halides is 3. The van der Waals surface area contributed by atoms with Crippen molar-refractivity contribution < 1.29 is 67.7 Å². The Kier molecular flexibility index (Phi) is 6.45. The summed E-state index contributed by atoms with van der Waals surface area (Å²) in [6.07, 6.45) is -4.23. The van der Waals surface area contributed by atoms with E-state index in [1.807, 2.05) is 0 Å². The number of hydrogen-bond acceptors (Lipinski definition) is 6. The molecule has 1 aromatic heterocycles. The van der Waals surface area contributed by atoms with E-state index < -0.39 is 32.4 Å². The number of hydrogen-bond donors (Lipinski definition) is 1. The van der Waals surface area contributed by atoms with Crippen molar-refractivity contribution in [1.82, 2.24) is 20.6 Å². The molecule has 0 aliphatic carbocycles. The van der Waals surface area contributed by atoms with Gasteiger partial charge in [-0.25, -0.2) is 13.5 Å². The zero-order valence-electron chi connectivity index (χ0n) is 12.3. The molecule has 2 aromatic rings. The Bertz CT molecular complexity index is 853. The van der Waals surface area contributed by atoms with Gasteiger partial charge in [0.05, 0.1) is 10.5 Å². The number of aromatic nitrogens is 4. The Balaban J connectivity index is 0.00000288. The molecule has 0 aliphatic heterocycles. The zero-order chi connectivity index (χ0) is 17.4. The van der Waals surface area contributed by atoms with E-state index >= 15 is 0 Å². The minimum Gasteiger partial charge on any atom is -0.355 e. The number of rotatable bonds is 3. The third-order valence-corrected chi connectivity index (χ3v) is 4.14. The summed E-state index contributed by atoms with van der Waals surface area (Å²) in [6.45, 7) is 1.11. The van der Waals surface area contributed by atoms with Crippen LogP contribution in [0.25, 0.3) is 0 Å². The number of sulfone groups is 1. The average molecular weight is 489 g/mol. The maximum Gasteiger partial charge on any atom is 0.417 e. The third kappa shape index (κ3) is 4.48. The first-order chi connectivity index (χ1) is 10.5. The molecule has 13 heteroatoms. The molecule has 2 rings (SSSR count). The van der Waals surface area contributed by atoms with Crippen LogP contribution in [0, 0.1) is 48.2 Å². The van der Waals surface area contributed by atoms with E-state index in [4.69, 9.17) is 0 Å². The second kappa shape index (κ2) is 7.40. The van der Waals surface area contributed by atoms with E-state index in [0.717, 1.165) is 13.0 Å². The van der Waals surface area contributed by atoms with Crippen molar-refractivity contribution in [3.05, 3.63) is 28.8 Å². The Morgan fingerprint density at radius 2 is 1.92 bits per heavy atom. The van der Waals surface area contributed by atoms with Gasteiger partial charge < -0.3 is 5.32 Å². The number of anilines is 1. The van der Waals surface area contributed by atoms with Crippen molar-refractivity contribution in [2.24, 2.45) is 0 Å². The van der Waals surface area contributed by atoms with Gasteiger partial charge in [-0.1, -0.05) is 0 Å². The van der Waals surface area contributed by atoms with E-state index in [0.29, 0.717) is 12.3 Å². The fourth-order valence-corrected chi connectivity index (χ4v) is 3.25. The van der Waals surface area contributed by atoms with Gasteiger partial charge in [-0.05, 0) is 24.6 Å². The van der Waals surface area contributed by atoms with Gasteiger partial charge in [0.25, 0.3) is 0 Å². The van der Waals surface area contributed by atoms with Crippen LogP contribution in [0.1, 0.15) is 21.5 Å². The fourth-order valence-electron chi connectivity index (χ4n) is 2.00. The van der Waals surface area contributed by atoms with Gasteiger partial charge in [0.2, 0.25) is 5.91 Å². The molecule has 0 bridgehead atoms. The number of carbonyl (C=O) groups excluding carboxylic acids is 1. The summed E-state index contributed by atoms with van der Waals surface area (Å²) in [5, 5.41) is 15.1. The largest absolute Gasteiger partial charge is 0.417 e. The fraction of sp³-hybridized carbons (Fsp3) is 0.273. The second-order valence-electron chi connectivity index (χ2n) is 4.54. The smallest absolute Gasteiger partial charge is 0.355 e. The van der Waals surface area contributed by atoms with Crippen LogP contribution >= 0.6 is 0 Å². The van der Waals surface area contributed by atoms with Crippen LogP contribution in [0.15, 0.2) is 17.0 Å². The molecular formula is C11H9F3N5O3PrS-. The monoisotopic (exact) mass is 489 g/mol. The summed E-state index contributed by atoms with van der Waals surface area (Å²) in [5.41, 5.74) is -1.92. The van der Waals surface area contributed by atoms with Gasteiger partial charge in [0.15, 0.2) is 9.84 Å². The van der Waals surface area contributed by atoms with Crippen molar-refractivity contribution in [3.63, 3.8) is 0 Å². The van der Waals surface area contributed by atoms with E-state index in [9.17, 15) is 26.4 Å². The number of amides is 1. The number of nitrogens with zero attached hydrogens (tertiary/aromatic N) is 4. The van der Waals surface area contributed by atoms with Crippen molar-refractivity contribution in [1.29, 1.82) is 0 Å². The molecule has 8 nitrogen and oxygen atoms in total. The van der Waals surface area contributed by atoms with Crippen LogP contribution in [0.4, 0.5) is 19.1 Å². The van der Waals surface area contributed by atoms with Crippen molar-refractivity contribution >= 4 is 21.7 Å². The van der Waals surface area contributed by atoms with Crippen molar-refractivity contribution in [3.8, 4) is 0 Å². The molecule has 24 heavy (non-hydrogen) atoms. The molecule has 0 atom stereocenters. The minimum absolute atomic E-state index is 0. The van der Waals surface area contributed by atoms with Gasteiger partial charge in [-0.15, -0.1) is 5.21 Å². The number of carbonyl (C=O) groups is 1. The normalized spacial score (nSPS) is 11.7. The summed E-state index contributed by atoms with van der Waals surface area (Å²) < 4.78 is 62.5. The van der Waals surface area contributed by atoms with Gasteiger partial charge in [0, 0.05) is 53.1 Å². The minimum atomic E-state index is -4.87. The quantitative estimate of drug-likeness (QED) is 0.679. The maximum absolute atomic E-state index is 13.0. The van der Waals surface area contributed by atoms with Gasteiger partial charge >= 0.3 is 6.18 Å². The van der Waals surface area contributed by atoms with Crippen LogP contribution in [0.5, 0.6) is 0 Å². The topological polar surface area (TPSA) is 116 Å². The number of benzene rings is 1. The molecule has 0 aliphatic rings. The van der Waals surface area contributed by atoms with Gasteiger partial charge in [-0.3, -0.25) is 9.89 Å². The Labute approximate surface area is 167 Å². The predicted molar refractivity (Wildman–Crippen MR) is 70.4 cm³/mol. The molecule has 0 spiro atoms. The molecule has 1 aromatic carbocycles. The molecule has 1 amide bonds. The second-order valence-corrected chi connectivity index (χ2v) is 6.49. The summed E-state index contributed by atoms with van der Waals surface area (Å²) in [6, 6.07) is 1.42. The van der Waals surface area contributed by atoms with E-state index in [2.05, 4.69) is 25.9 Å². The van der Waals surface area contributed by atoms with E-state index in [-0.39, 0.29) is 58.4 Å². The standard InChI is InChI=1S/C11H10F3N5O3S.Pr/c1-5-6(9(20)15-10-16-18-19-17-10)3-4-7(11(12,13)14)8(5)23(2,21)22;/h3-4H,1-2H3,(H2,15,16,17,18,19,20);/p-1. The van der Waals surface area contributed by atoms with Crippen LogP contribution < -0.4 is 10.4 Å². The SMILES string of the molecule is Cc1c(C(=O)Nc2nnn[n-]2)ccc(C(F)(F)F)c1S(C)(=O)=O.[Pr]. The molecule has 1 N–H and O–H groups in total. The average Bonchev–Trinajstić information content (AvgIpc) is 2.88. The van der Waals surface area contributed by atoms with E-state index in [1.165, 1.54) is 0 Å². The van der Waals surface area contributed by atoms with Crippen LogP contribution in [-0.4, -0.2) is 36.1 Å². The Hall–Kier alpha value is -1.14. The molecule has 0 saturated heterocycles. The van der Waals surface area contributed by atoms with Crippen molar-refractivity contribution in [2.45, 2.75) is 18.0 Å². The summed E-state index contributed by atoms with van der Waals surface area (Å²) in [7, 11) is -4.22. The molecular weight excluding hydrogens is 480 g/mol. The first-order valence-corrected chi connectivity index (χ1v) is 7.82. The predicted octanol–water partition coefficient (Wildman–Crippen LogP) is 0.812. The zero-order valence-corrected chi connectivity index (χ0v) is 16.8. The first-order valence-electron chi connectivity index (χ1n) is 5.92. The maximum atomic E-state index is 13.0. The van der Waals surface area contributed by atoms with Crippen molar-refractivity contribution in [2.75, 3.05) is 11.6 Å². The Morgan fingerprint density at radius 3 is 2.38 bits per heavy atom. The van der Waals surface area contributed by atoms with E-state index in [1.54, 1.807) is 0 Å². The molecule has 0 saturated carbocycles. The van der Waals surface area contributed by atoms with Gasteiger partial charge in [0.1, 0.15) is 5.95 Å². The molecule has 1 radical (unpaired) electrons.